The summed E-state index contributed by atoms with van der Waals surface area (Å²) in [5.41, 5.74) is 10.1. The van der Waals surface area contributed by atoms with E-state index in [9.17, 15) is 14.4 Å². The summed E-state index contributed by atoms with van der Waals surface area (Å²) in [4.78, 5) is 35.7. The molecular weight excluding hydrogens is 424 g/mol. The summed E-state index contributed by atoms with van der Waals surface area (Å²) in [7, 11) is 3.11. The first-order chi connectivity index (χ1) is 15.8. The van der Waals surface area contributed by atoms with Crippen molar-refractivity contribution in [2.45, 2.75) is 39.7 Å². The van der Waals surface area contributed by atoms with Crippen LogP contribution in [0.4, 0.5) is 5.69 Å². The minimum Gasteiger partial charge on any atom is -0.496 e. The van der Waals surface area contributed by atoms with E-state index in [1.54, 1.807) is 31.4 Å². The Morgan fingerprint density at radius 2 is 1.79 bits per heavy atom. The van der Waals surface area contributed by atoms with Gasteiger partial charge in [-0.25, -0.2) is 4.79 Å². The van der Waals surface area contributed by atoms with Crippen LogP contribution in [0.1, 0.15) is 57.2 Å². The lowest BCUT2D eigenvalue weighted by Gasteiger charge is -2.18. The highest BCUT2D eigenvalue weighted by molar-refractivity contribution is 5.98. The standard InChI is InChI=1S/C25H28N2O6/c1-14(6-12-20(28)27-17-9-7-16(8-10-17)24(26)29)5-11-18-22(31-3)15(2)19-13-33-25(30)21(19)23(18)32-4/h5,7-10H,6,11-13H2,1-4H3,(H2,26,29)(H,27,28)/b14-5+. The fraction of sp³-hybridized carbons (Fsp3) is 0.320. The van der Waals surface area contributed by atoms with E-state index in [1.165, 1.54) is 7.11 Å². The molecule has 0 aliphatic carbocycles. The number of cyclic esters (lactones) is 1. The first kappa shape index (κ1) is 23.8. The third-order valence-electron chi connectivity index (χ3n) is 5.68. The van der Waals surface area contributed by atoms with E-state index in [1.807, 2.05) is 19.9 Å². The number of rotatable bonds is 9. The molecule has 0 aromatic heterocycles. The number of allylic oxidation sites excluding steroid dienone is 2. The summed E-state index contributed by atoms with van der Waals surface area (Å²) in [5.74, 6) is 0.0922. The number of fused-ring (bicyclic) bond motifs is 1. The van der Waals surface area contributed by atoms with Crippen LogP contribution in [0.3, 0.4) is 0 Å². The van der Waals surface area contributed by atoms with Crippen molar-refractivity contribution in [2.24, 2.45) is 5.73 Å². The average Bonchev–Trinajstić information content (AvgIpc) is 3.18. The molecule has 0 saturated heterocycles. The van der Waals surface area contributed by atoms with Crippen molar-refractivity contribution < 1.29 is 28.6 Å². The fourth-order valence-electron chi connectivity index (χ4n) is 3.87. The Hall–Kier alpha value is -3.81. The second kappa shape index (κ2) is 10.2. The normalized spacial score (nSPS) is 12.7. The SMILES string of the molecule is COc1c(C)c2c(c(OC)c1C/C=C(\C)CCC(=O)Nc1ccc(C(N)=O)cc1)C(=O)OC2. The molecule has 0 fully saturated rings. The van der Waals surface area contributed by atoms with Crippen LogP contribution in [0, 0.1) is 6.92 Å². The van der Waals surface area contributed by atoms with Gasteiger partial charge in [0.15, 0.2) is 0 Å². The zero-order chi connectivity index (χ0) is 24.1. The molecule has 2 amide bonds. The van der Waals surface area contributed by atoms with Gasteiger partial charge in [0, 0.05) is 28.8 Å². The van der Waals surface area contributed by atoms with Gasteiger partial charge < -0.3 is 25.3 Å². The summed E-state index contributed by atoms with van der Waals surface area (Å²) < 4.78 is 16.4. The molecule has 0 unspecified atom stereocenters. The smallest absolute Gasteiger partial charge is 0.342 e. The van der Waals surface area contributed by atoms with Gasteiger partial charge in [0.1, 0.15) is 23.7 Å². The largest absolute Gasteiger partial charge is 0.496 e. The zero-order valence-corrected chi connectivity index (χ0v) is 19.2. The summed E-state index contributed by atoms with van der Waals surface area (Å²) in [6.45, 7) is 4.06. The summed E-state index contributed by atoms with van der Waals surface area (Å²) in [5, 5.41) is 2.80. The molecule has 1 aliphatic rings. The summed E-state index contributed by atoms with van der Waals surface area (Å²) in [6.07, 6.45) is 3.34. The van der Waals surface area contributed by atoms with Gasteiger partial charge in [-0.15, -0.1) is 0 Å². The quantitative estimate of drug-likeness (QED) is 0.443. The fourth-order valence-corrected chi connectivity index (χ4v) is 3.87. The van der Waals surface area contributed by atoms with Crippen LogP contribution < -0.4 is 20.5 Å². The lowest BCUT2D eigenvalue weighted by atomic mass is 9.94. The van der Waals surface area contributed by atoms with Crippen molar-refractivity contribution in [2.75, 3.05) is 19.5 Å². The summed E-state index contributed by atoms with van der Waals surface area (Å²) >= 11 is 0. The molecule has 174 valence electrons. The minimum absolute atomic E-state index is 0.138. The van der Waals surface area contributed by atoms with E-state index in [0.717, 1.165) is 22.3 Å². The Balaban J connectivity index is 1.68. The Kier molecular flexibility index (Phi) is 7.37. The Morgan fingerprint density at radius 3 is 2.39 bits per heavy atom. The average molecular weight is 453 g/mol. The molecule has 3 N–H and O–H groups in total. The number of amides is 2. The first-order valence-electron chi connectivity index (χ1n) is 10.6. The maximum Gasteiger partial charge on any atom is 0.342 e. The van der Waals surface area contributed by atoms with E-state index >= 15 is 0 Å². The second-order valence-electron chi connectivity index (χ2n) is 7.84. The van der Waals surface area contributed by atoms with Crippen LogP contribution in [-0.2, 0) is 22.6 Å². The van der Waals surface area contributed by atoms with Crippen LogP contribution in [0.2, 0.25) is 0 Å². The number of methoxy groups -OCH3 is 2. The maximum absolute atomic E-state index is 12.3. The molecule has 8 nitrogen and oxygen atoms in total. The van der Waals surface area contributed by atoms with Gasteiger partial charge in [-0.1, -0.05) is 11.6 Å². The van der Waals surface area contributed by atoms with Gasteiger partial charge in [-0.05, 0) is 56.5 Å². The van der Waals surface area contributed by atoms with Gasteiger partial charge in [-0.3, -0.25) is 9.59 Å². The van der Waals surface area contributed by atoms with Crippen molar-refractivity contribution >= 4 is 23.5 Å². The molecule has 0 bridgehead atoms. The number of ether oxygens (including phenoxy) is 3. The predicted octanol–water partition coefficient (Wildman–Crippen LogP) is 3.69. The number of anilines is 1. The van der Waals surface area contributed by atoms with Crippen LogP contribution in [0.15, 0.2) is 35.9 Å². The monoisotopic (exact) mass is 452 g/mol. The molecule has 3 rings (SSSR count). The van der Waals surface area contributed by atoms with Gasteiger partial charge in [0.2, 0.25) is 11.8 Å². The van der Waals surface area contributed by atoms with E-state index in [0.29, 0.717) is 47.6 Å². The number of esters is 1. The third kappa shape index (κ3) is 5.16. The van der Waals surface area contributed by atoms with E-state index in [2.05, 4.69) is 5.32 Å². The Morgan fingerprint density at radius 1 is 1.12 bits per heavy atom. The molecule has 2 aromatic rings. The molecule has 0 atom stereocenters. The lowest BCUT2D eigenvalue weighted by Crippen LogP contribution is -2.13. The Labute approximate surface area is 192 Å². The maximum atomic E-state index is 12.3. The van der Waals surface area contributed by atoms with Crippen molar-refractivity contribution in [3.8, 4) is 11.5 Å². The first-order valence-corrected chi connectivity index (χ1v) is 10.6. The molecular formula is C25H28N2O6. The van der Waals surface area contributed by atoms with Crippen molar-refractivity contribution in [3.63, 3.8) is 0 Å². The highest BCUT2D eigenvalue weighted by Gasteiger charge is 2.32. The van der Waals surface area contributed by atoms with E-state index in [-0.39, 0.29) is 12.5 Å². The number of carbonyl (C=O) groups is 3. The van der Waals surface area contributed by atoms with Crippen LogP contribution in [0.5, 0.6) is 11.5 Å². The lowest BCUT2D eigenvalue weighted by molar-refractivity contribution is -0.116. The Bertz CT molecular complexity index is 1120. The molecule has 0 spiro atoms. The third-order valence-corrected chi connectivity index (χ3v) is 5.68. The second-order valence-corrected chi connectivity index (χ2v) is 7.84. The number of hydrogen-bond acceptors (Lipinski definition) is 6. The number of nitrogens with one attached hydrogen (secondary N) is 1. The minimum atomic E-state index is -0.516. The highest BCUT2D eigenvalue weighted by Crippen LogP contribution is 2.42. The summed E-state index contributed by atoms with van der Waals surface area (Å²) in [6, 6.07) is 6.41. The number of hydrogen-bond donors (Lipinski definition) is 2. The van der Waals surface area contributed by atoms with Crippen LogP contribution in [-0.4, -0.2) is 32.0 Å². The zero-order valence-electron chi connectivity index (χ0n) is 19.2. The van der Waals surface area contributed by atoms with Gasteiger partial charge in [0.25, 0.3) is 0 Å². The van der Waals surface area contributed by atoms with Crippen molar-refractivity contribution in [1.29, 1.82) is 0 Å². The number of nitrogens with two attached hydrogens (primary N) is 1. The number of carbonyl (C=O) groups excluding carboxylic acids is 3. The van der Waals surface area contributed by atoms with E-state index in [4.69, 9.17) is 19.9 Å². The van der Waals surface area contributed by atoms with Crippen molar-refractivity contribution in [1.82, 2.24) is 0 Å². The topological polar surface area (TPSA) is 117 Å². The molecule has 33 heavy (non-hydrogen) atoms. The van der Waals surface area contributed by atoms with Gasteiger partial charge >= 0.3 is 5.97 Å². The van der Waals surface area contributed by atoms with Gasteiger partial charge in [0.05, 0.1) is 14.2 Å². The number of primary amides is 1. The molecule has 8 heteroatoms. The highest BCUT2D eigenvalue weighted by atomic mass is 16.5. The molecule has 0 radical (unpaired) electrons. The predicted molar refractivity (Wildman–Crippen MR) is 124 cm³/mol. The number of benzene rings is 2. The molecule has 0 saturated carbocycles. The van der Waals surface area contributed by atoms with Crippen LogP contribution in [0.25, 0.3) is 0 Å². The van der Waals surface area contributed by atoms with Crippen molar-refractivity contribution in [3.05, 3.63) is 63.7 Å². The molecule has 1 heterocycles. The van der Waals surface area contributed by atoms with Gasteiger partial charge in [-0.2, -0.15) is 0 Å². The van der Waals surface area contributed by atoms with Crippen LogP contribution >= 0.6 is 0 Å². The van der Waals surface area contributed by atoms with E-state index < -0.39 is 11.9 Å². The molecule has 1 aliphatic heterocycles. The molecule has 2 aromatic carbocycles.